The van der Waals surface area contributed by atoms with E-state index >= 15 is 0 Å². The van der Waals surface area contributed by atoms with Crippen LogP contribution in [0.3, 0.4) is 0 Å². The summed E-state index contributed by atoms with van der Waals surface area (Å²) in [5, 5.41) is 0. The van der Waals surface area contributed by atoms with Gasteiger partial charge in [0.25, 0.3) is 0 Å². The molecule has 0 unspecified atom stereocenters. The van der Waals surface area contributed by atoms with Gasteiger partial charge >= 0.3 is 5.97 Å². The topological polar surface area (TPSA) is 44.8 Å². The van der Waals surface area contributed by atoms with Gasteiger partial charge in [-0.25, -0.2) is 4.79 Å². The quantitative estimate of drug-likeness (QED) is 0.367. The average Bonchev–Trinajstić information content (AvgIpc) is 2.19. The number of carbonyl (C=O) groups excluding carboxylic acids is 1. The van der Waals surface area contributed by atoms with Gasteiger partial charge in [-0.15, -0.1) is 0 Å². The van der Waals surface area contributed by atoms with E-state index in [9.17, 15) is 4.79 Å². The lowest BCUT2D eigenvalue weighted by Gasteiger charge is -2.12. The van der Waals surface area contributed by atoms with Gasteiger partial charge in [-0.3, -0.25) is 0 Å². The molecule has 4 nitrogen and oxygen atoms in total. The summed E-state index contributed by atoms with van der Waals surface area (Å²) in [6.45, 7) is 7.26. The molecule has 0 bridgehead atoms. The molecule has 5 heteroatoms. The minimum atomic E-state index is -0.895. The van der Waals surface area contributed by atoms with Crippen LogP contribution in [0.25, 0.3) is 0 Å². The van der Waals surface area contributed by atoms with E-state index in [4.69, 9.17) is 13.8 Å². The molecule has 0 amide bonds. The number of ether oxygens (including phenoxy) is 1. The van der Waals surface area contributed by atoms with Gasteiger partial charge in [0, 0.05) is 12.2 Å². The van der Waals surface area contributed by atoms with E-state index < -0.39 is 8.38 Å². The van der Waals surface area contributed by atoms with Crippen molar-refractivity contribution in [2.75, 3.05) is 26.0 Å². The second-order valence-electron chi connectivity index (χ2n) is 2.51. The minimum Gasteiger partial charge on any atom is -0.463 e. The molecular weight excluding hydrogens is 215 g/mol. The Balaban J connectivity index is 3.81. The summed E-state index contributed by atoms with van der Waals surface area (Å²) < 4.78 is 15.5. The predicted molar refractivity (Wildman–Crippen MR) is 60.8 cm³/mol. The van der Waals surface area contributed by atoms with Crippen molar-refractivity contribution >= 4 is 14.3 Å². The maximum atomic E-state index is 11.0. The van der Waals surface area contributed by atoms with Crippen LogP contribution < -0.4 is 0 Å². The van der Waals surface area contributed by atoms with Gasteiger partial charge in [-0.2, -0.15) is 0 Å². The number of hydrogen-bond donors (Lipinski definition) is 0. The second kappa shape index (κ2) is 10.1. The molecule has 0 aliphatic carbocycles. The van der Waals surface area contributed by atoms with E-state index in [1.807, 2.05) is 13.8 Å². The third-order valence-electron chi connectivity index (χ3n) is 1.34. The van der Waals surface area contributed by atoms with Gasteiger partial charge in [0.15, 0.2) is 8.38 Å². The van der Waals surface area contributed by atoms with Crippen LogP contribution in [0.5, 0.6) is 0 Å². The maximum Gasteiger partial charge on any atom is 0.330 e. The highest BCUT2D eigenvalue weighted by atomic mass is 31.2. The zero-order chi connectivity index (χ0) is 11.5. The largest absolute Gasteiger partial charge is 0.463 e. The molecule has 0 aliphatic heterocycles. The van der Waals surface area contributed by atoms with E-state index in [1.54, 1.807) is 13.0 Å². The summed E-state index contributed by atoms with van der Waals surface area (Å²) in [6.07, 6.45) is 3.77. The molecule has 0 N–H and O–H groups in total. The lowest BCUT2D eigenvalue weighted by molar-refractivity contribution is -0.137. The number of esters is 1. The lowest BCUT2D eigenvalue weighted by Crippen LogP contribution is -1.99. The predicted octanol–water partition coefficient (Wildman–Crippen LogP) is 2.49. The van der Waals surface area contributed by atoms with Gasteiger partial charge < -0.3 is 13.8 Å². The highest BCUT2D eigenvalue weighted by molar-refractivity contribution is 7.47. The molecule has 15 heavy (non-hydrogen) atoms. The first-order valence-corrected chi connectivity index (χ1v) is 6.47. The van der Waals surface area contributed by atoms with Gasteiger partial charge in [0.2, 0.25) is 0 Å². The Labute approximate surface area is 92.5 Å². The van der Waals surface area contributed by atoms with Crippen molar-refractivity contribution in [1.29, 1.82) is 0 Å². The van der Waals surface area contributed by atoms with Crippen molar-refractivity contribution in [3.63, 3.8) is 0 Å². The van der Waals surface area contributed by atoms with Crippen LogP contribution in [0.2, 0.25) is 0 Å². The molecule has 88 valence electrons. The van der Waals surface area contributed by atoms with Crippen LogP contribution in [0, 0.1) is 0 Å². The fourth-order valence-electron chi connectivity index (χ4n) is 0.856. The molecule has 0 aromatic heterocycles. The van der Waals surface area contributed by atoms with Gasteiger partial charge in [0.05, 0.1) is 19.8 Å². The highest BCUT2D eigenvalue weighted by Crippen LogP contribution is 2.37. The smallest absolute Gasteiger partial charge is 0.330 e. The molecular formula is C10H19O4P. The molecule has 0 radical (unpaired) electrons. The molecule has 0 spiro atoms. The average molecular weight is 234 g/mol. The molecule has 0 saturated heterocycles. The zero-order valence-corrected chi connectivity index (χ0v) is 10.5. The number of carbonyl (C=O) groups is 1. The Morgan fingerprint density at radius 1 is 1.13 bits per heavy atom. The van der Waals surface area contributed by atoms with Crippen molar-refractivity contribution in [2.24, 2.45) is 0 Å². The third-order valence-corrected chi connectivity index (χ3v) is 2.94. The highest BCUT2D eigenvalue weighted by Gasteiger charge is 2.06. The standard InChI is InChI=1S/C10H19O4P/c1-4-12-10(11)8-7-9-15(13-5-2)14-6-3/h7-8H,4-6,9H2,1-3H3/b8-7+. The SMILES string of the molecule is CCOC(=O)/C=C/CP(OCC)OCC. The maximum absolute atomic E-state index is 11.0. The van der Waals surface area contributed by atoms with Crippen LogP contribution in [0.4, 0.5) is 0 Å². The molecule has 0 saturated carbocycles. The molecule has 0 heterocycles. The zero-order valence-electron chi connectivity index (χ0n) is 9.56. The van der Waals surface area contributed by atoms with E-state index in [-0.39, 0.29) is 5.97 Å². The lowest BCUT2D eigenvalue weighted by atomic mass is 10.5. The molecule has 0 aromatic carbocycles. The fraction of sp³-hybridized carbons (Fsp3) is 0.700. The third kappa shape index (κ3) is 8.55. The normalized spacial score (nSPS) is 11.2. The van der Waals surface area contributed by atoms with Gasteiger partial charge in [-0.1, -0.05) is 6.08 Å². The minimum absolute atomic E-state index is 0.319. The van der Waals surface area contributed by atoms with Crippen LogP contribution in [-0.2, 0) is 18.6 Å². The van der Waals surface area contributed by atoms with Gasteiger partial charge in [0.1, 0.15) is 0 Å². The van der Waals surface area contributed by atoms with Crippen molar-refractivity contribution in [2.45, 2.75) is 20.8 Å². The summed E-state index contributed by atoms with van der Waals surface area (Å²) >= 11 is 0. The fourth-order valence-corrected chi connectivity index (χ4v) is 1.99. The Hall–Kier alpha value is -0.440. The van der Waals surface area contributed by atoms with Gasteiger partial charge in [-0.05, 0) is 20.8 Å². The van der Waals surface area contributed by atoms with Crippen molar-refractivity contribution in [3.8, 4) is 0 Å². The summed E-state index contributed by atoms with van der Waals surface area (Å²) in [7, 11) is -0.895. The Kier molecular flexibility index (Phi) is 9.79. The monoisotopic (exact) mass is 234 g/mol. The van der Waals surface area contributed by atoms with E-state index in [2.05, 4.69) is 0 Å². The summed E-state index contributed by atoms with van der Waals surface area (Å²) in [4.78, 5) is 11.0. The number of hydrogen-bond acceptors (Lipinski definition) is 4. The van der Waals surface area contributed by atoms with E-state index in [0.29, 0.717) is 26.0 Å². The second-order valence-corrected chi connectivity index (χ2v) is 4.05. The van der Waals surface area contributed by atoms with Crippen LogP contribution in [0.1, 0.15) is 20.8 Å². The van der Waals surface area contributed by atoms with Crippen LogP contribution in [0.15, 0.2) is 12.2 Å². The van der Waals surface area contributed by atoms with Crippen molar-refractivity contribution < 1.29 is 18.6 Å². The molecule has 0 aromatic rings. The Bertz CT molecular complexity index is 188. The molecule has 0 aliphatic rings. The van der Waals surface area contributed by atoms with Crippen LogP contribution >= 0.6 is 8.38 Å². The van der Waals surface area contributed by atoms with E-state index in [1.165, 1.54) is 6.08 Å². The summed E-state index contributed by atoms with van der Waals surface area (Å²) in [6, 6.07) is 0. The van der Waals surface area contributed by atoms with Crippen molar-refractivity contribution in [1.82, 2.24) is 0 Å². The Morgan fingerprint density at radius 3 is 2.20 bits per heavy atom. The summed E-state index contributed by atoms with van der Waals surface area (Å²) in [5.41, 5.74) is 0. The Morgan fingerprint density at radius 2 is 1.73 bits per heavy atom. The first-order chi connectivity index (χ1) is 7.24. The molecule has 0 atom stereocenters. The van der Waals surface area contributed by atoms with E-state index in [0.717, 1.165) is 0 Å². The first-order valence-electron chi connectivity index (χ1n) is 5.11. The first kappa shape index (κ1) is 14.6. The van der Waals surface area contributed by atoms with Crippen LogP contribution in [-0.4, -0.2) is 32.0 Å². The summed E-state index contributed by atoms with van der Waals surface area (Å²) in [5.74, 6) is -0.319. The molecule has 0 fully saturated rings. The van der Waals surface area contributed by atoms with Crippen molar-refractivity contribution in [3.05, 3.63) is 12.2 Å². The number of allylic oxidation sites excluding steroid dienone is 1. The molecule has 0 rings (SSSR count). The number of rotatable bonds is 8.